The first-order valence-electron chi connectivity index (χ1n) is 4.03. The van der Waals surface area contributed by atoms with Crippen LogP contribution in [0.2, 0.25) is 0 Å². The molecule has 0 fully saturated rings. The molecule has 14 heavy (non-hydrogen) atoms. The van der Waals surface area contributed by atoms with E-state index in [1.54, 1.807) is 14.0 Å². The van der Waals surface area contributed by atoms with Gasteiger partial charge in [-0.1, -0.05) is 0 Å². The summed E-state index contributed by atoms with van der Waals surface area (Å²) in [5, 5.41) is 0. The molecule has 0 aliphatic heterocycles. The Morgan fingerprint density at radius 2 is 2.21 bits per heavy atom. The van der Waals surface area contributed by atoms with Crippen molar-refractivity contribution >= 4 is 5.91 Å². The lowest BCUT2D eigenvalue weighted by atomic mass is 10.2. The van der Waals surface area contributed by atoms with Gasteiger partial charge < -0.3 is 16.0 Å². The fourth-order valence-electron chi connectivity index (χ4n) is 0.982. The molecule has 0 radical (unpaired) electrons. The number of carbonyl (C=O) groups is 1. The van der Waals surface area contributed by atoms with Gasteiger partial charge in [-0.25, -0.2) is 4.98 Å². The highest BCUT2D eigenvalue weighted by Crippen LogP contribution is 2.03. The summed E-state index contributed by atoms with van der Waals surface area (Å²) in [6.07, 6.45) is 0. The molecule has 1 aromatic rings. The van der Waals surface area contributed by atoms with E-state index in [1.807, 2.05) is 0 Å². The highest BCUT2D eigenvalue weighted by molar-refractivity contribution is 5.80. The second-order valence-corrected chi connectivity index (χ2v) is 3.01. The molecule has 0 spiro atoms. The van der Waals surface area contributed by atoms with Crippen LogP contribution in [0.15, 0.2) is 10.9 Å². The summed E-state index contributed by atoms with van der Waals surface area (Å²) in [5.41, 5.74) is 10.4. The molecule has 0 saturated heterocycles. The summed E-state index contributed by atoms with van der Waals surface area (Å²) in [7, 11) is 1.59. The van der Waals surface area contributed by atoms with Crippen LogP contribution in [0.5, 0.6) is 0 Å². The van der Waals surface area contributed by atoms with E-state index in [1.165, 1.54) is 10.6 Å². The number of primary amides is 1. The number of carbonyl (C=O) groups excluding carboxylic acids is 1. The van der Waals surface area contributed by atoms with E-state index in [0.717, 1.165) is 0 Å². The Balaban J connectivity index is 3.26. The summed E-state index contributed by atoms with van der Waals surface area (Å²) in [6, 6.07) is 0.185. The van der Waals surface area contributed by atoms with Crippen molar-refractivity contribution in [2.75, 3.05) is 0 Å². The van der Waals surface area contributed by atoms with Crippen molar-refractivity contribution in [3.63, 3.8) is 0 Å². The van der Waals surface area contributed by atoms with E-state index < -0.39 is 11.9 Å². The molecular formula is C8H12N4O2. The molecular weight excluding hydrogens is 184 g/mol. The second-order valence-electron chi connectivity index (χ2n) is 3.01. The van der Waals surface area contributed by atoms with Crippen LogP contribution in [-0.2, 0) is 11.8 Å². The third-order valence-electron chi connectivity index (χ3n) is 2.00. The Kier molecular flexibility index (Phi) is 2.66. The molecule has 1 heterocycles. The van der Waals surface area contributed by atoms with Crippen LogP contribution < -0.4 is 17.0 Å². The van der Waals surface area contributed by atoms with Crippen LogP contribution >= 0.6 is 0 Å². The van der Waals surface area contributed by atoms with Crippen LogP contribution in [0.25, 0.3) is 0 Å². The van der Waals surface area contributed by atoms with Crippen molar-refractivity contribution in [2.24, 2.45) is 18.5 Å². The lowest BCUT2D eigenvalue weighted by Gasteiger charge is -2.09. The second kappa shape index (κ2) is 3.59. The van der Waals surface area contributed by atoms with Gasteiger partial charge in [0.25, 0.3) is 5.56 Å². The molecule has 0 aromatic carbocycles. The van der Waals surface area contributed by atoms with Gasteiger partial charge in [0.05, 0.1) is 5.69 Å². The van der Waals surface area contributed by atoms with Crippen LogP contribution in [-0.4, -0.2) is 15.5 Å². The minimum Gasteiger partial charge on any atom is -0.368 e. The number of nitrogens with two attached hydrogens (primary N) is 2. The Morgan fingerprint density at radius 1 is 1.64 bits per heavy atom. The standard InChI is InChI=1S/C8H12N4O2/c1-4-11-5(7(9)8(10)14)3-6(13)12(4)2/h3,7H,9H2,1-2H3,(H2,10,14). The normalized spacial score (nSPS) is 12.5. The lowest BCUT2D eigenvalue weighted by molar-refractivity contribution is -0.119. The van der Waals surface area contributed by atoms with Crippen molar-refractivity contribution in [3.05, 3.63) is 27.9 Å². The van der Waals surface area contributed by atoms with Crippen LogP contribution in [0.3, 0.4) is 0 Å². The first-order chi connectivity index (χ1) is 6.43. The molecule has 0 bridgehead atoms. The molecule has 6 heteroatoms. The first kappa shape index (κ1) is 10.4. The van der Waals surface area contributed by atoms with E-state index in [2.05, 4.69) is 4.98 Å². The van der Waals surface area contributed by atoms with Crippen molar-refractivity contribution in [2.45, 2.75) is 13.0 Å². The number of aryl methyl sites for hydroxylation is 1. The minimum absolute atomic E-state index is 0.207. The smallest absolute Gasteiger partial charge is 0.253 e. The lowest BCUT2D eigenvalue weighted by Crippen LogP contribution is -2.32. The van der Waals surface area contributed by atoms with Crippen LogP contribution in [0, 0.1) is 6.92 Å². The van der Waals surface area contributed by atoms with Gasteiger partial charge in [-0.2, -0.15) is 0 Å². The van der Waals surface area contributed by atoms with Gasteiger partial charge >= 0.3 is 0 Å². The maximum atomic E-state index is 11.3. The van der Waals surface area contributed by atoms with Crippen molar-refractivity contribution in [3.8, 4) is 0 Å². The van der Waals surface area contributed by atoms with Gasteiger partial charge in [0.2, 0.25) is 5.91 Å². The van der Waals surface area contributed by atoms with E-state index in [0.29, 0.717) is 5.82 Å². The van der Waals surface area contributed by atoms with E-state index in [9.17, 15) is 9.59 Å². The summed E-state index contributed by atoms with van der Waals surface area (Å²) < 4.78 is 1.36. The molecule has 6 nitrogen and oxygen atoms in total. The Bertz CT molecular complexity index is 424. The van der Waals surface area contributed by atoms with E-state index in [-0.39, 0.29) is 11.3 Å². The molecule has 4 N–H and O–H groups in total. The van der Waals surface area contributed by atoms with Crippen LogP contribution in [0.1, 0.15) is 17.6 Å². The number of aromatic nitrogens is 2. The zero-order valence-corrected chi connectivity index (χ0v) is 8.02. The predicted octanol–water partition coefficient (Wildman–Crippen LogP) is -1.43. The summed E-state index contributed by atoms with van der Waals surface area (Å²) >= 11 is 0. The molecule has 0 aliphatic rings. The fourth-order valence-corrected chi connectivity index (χ4v) is 0.982. The van der Waals surface area contributed by atoms with Gasteiger partial charge in [-0.15, -0.1) is 0 Å². The first-order valence-corrected chi connectivity index (χ1v) is 4.03. The fraction of sp³-hybridized carbons (Fsp3) is 0.375. The molecule has 1 aromatic heterocycles. The van der Waals surface area contributed by atoms with Gasteiger partial charge in [0.15, 0.2) is 0 Å². The number of hydrogen-bond acceptors (Lipinski definition) is 4. The molecule has 1 rings (SSSR count). The summed E-state index contributed by atoms with van der Waals surface area (Å²) in [6.45, 7) is 1.65. The Labute approximate surface area is 80.5 Å². The molecule has 1 amide bonds. The third-order valence-corrected chi connectivity index (χ3v) is 2.00. The molecule has 76 valence electrons. The summed E-state index contributed by atoms with van der Waals surface area (Å²) in [4.78, 5) is 26.1. The number of hydrogen-bond donors (Lipinski definition) is 2. The molecule has 1 unspecified atom stereocenters. The summed E-state index contributed by atoms with van der Waals surface area (Å²) in [5.74, 6) is -0.214. The quantitative estimate of drug-likeness (QED) is 0.605. The zero-order chi connectivity index (χ0) is 10.9. The SMILES string of the molecule is Cc1nc(C(N)C(N)=O)cc(=O)n1C. The number of nitrogens with zero attached hydrogens (tertiary/aromatic N) is 2. The number of rotatable bonds is 2. The highest BCUT2D eigenvalue weighted by Gasteiger charge is 2.15. The van der Waals surface area contributed by atoms with Gasteiger partial charge in [0.1, 0.15) is 11.9 Å². The maximum Gasteiger partial charge on any atom is 0.253 e. The van der Waals surface area contributed by atoms with E-state index >= 15 is 0 Å². The maximum absolute atomic E-state index is 11.3. The van der Waals surface area contributed by atoms with Gasteiger partial charge in [-0.3, -0.25) is 9.59 Å². The van der Waals surface area contributed by atoms with E-state index in [4.69, 9.17) is 11.5 Å². The molecule has 1 atom stereocenters. The molecule has 0 saturated carbocycles. The van der Waals surface area contributed by atoms with Crippen LogP contribution in [0.4, 0.5) is 0 Å². The molecule has 0 aliphatic carbocycles. The zero-order valence-electron chi connectivity index (χ0n) is 8.02. The third kappa shape index (κ3) is 1.80. The average Bonchev–Trinajstić information content (AvgIpc) is 2.12. The minimum atomic E-state index is -1.03. The average molecular weight is 196 g/mol. The van der Waals surface area contributed by atoms with Crippen molar-refractivity contribution < 1.29 is 4.79 Å². The topological polar surface area (TPSA) is 104 Å². The van der Waals surface area contributed by atoms with Gasteiger partial charge in [0, 0.05) is 13.1 Å². The largest absolute Gasteiger partial charge is 0.368 e. The Hall–Kier alpha value is -1.69. The highest BCUT2D eigenvalue weighted by atomic mass is 16.1. The van der Waals surface area contributed by atoms with Crippen molar-refractivity contribution in [1.82, 2.24) is 9.55 Å². The van der Waals surface area contributed by atoms with Gasteiger partial charge in [-0.05, 0) is 6.92 Å². The predicted molar refractivity (Wildman–Crippen MR) is 50.3 cm³/mol. The Morgan fingerprint density at radius 3 is 2.64 bits per heavy atom. The monoisotopic (exact) mass is 196 g/mol. The van der Waals surface area contributed by atoms with Crippen molar-refractivity contribution in [1.29, 1.82) is 0 Å². The number of amides is 1.